The summed E-state index contributed by atoms with van der Waals surface area (Å²) in [5.41, 5.74) is 2.60. The Morgan fingerprint density at radius 1 is 1.02 bits per heavy atom. The maximum Gasteiger partial charge on any atom is 0.319 e. The molecule has 2 amide bonds. The van der Waals surface area contributed by atoms with Crippen molar-refractivity contribution in [2.45, 2.75) is 59.2 Å². The predicted octanol–water partition coefficient (Wildman–Crippen LogP) is 5.24. The minimum atomic E-state index is -1.59. The molecule has 42 heavy (non-hydrogen) atoms. The minimum Gasteiger partial charge on any atom is -0.480 e. The number of imidazole rings is 1. The Morgan fingerprint density at radius 3 is 2.48 bits per heavy atom. The number of benzene rings is 1. The van der Waals surface area contributed by atoms with Crippen molar-refractivity contribution >= 4 is 34.8 Å². The number of pyridine rings is 1. The number of carbonyl (C=O) groups is 2. The van der Waals surface area contributed by atoms with Gasteiger partial charge in [-0.1, -0.05) is 23.7 Å². The molecule has 5 heterocycles. The van der Waals surface area contributed by atoms with Crippen molar-refractivity contribution in [3.05, 3.63) is 69.9 Å². The summed E-state index contributed by atoms with van der Waals surface area (Å²) < 4.78 is 13.2. The molecule has 0 saturated carbocycles. The van der Waals surface area contributed by atoms with E-state index >= 15 is 0 Å². The van der Waals surface area contributed by atoms with E-state index in [-0.39, 0.29) is 35.6 Å². The number of hydrogen-bond acceptors (Lipinski definition) is 8. The highest BCUT2D eigenvalue weighted by Crippen LogP contribution is 2.54. The van der Waals surface area contributed by atoms with Gasteiger partial charge in [0.2, 0.25) is 5.88 Å². The second kappa shape index (κ2) is 9.80. The largest absolute Gasteiger partial charge is 0.480 e. The number of aryl methyl sites for hydroxylation is 2. The molecule has 2 aliphatic heterocycles. The quantitative estimate of drug-likeness (QED) is 0.325. The Hall–Kier alpha value is -4.51. The monoisotopic (exact) mass is 587 g/mol. The van der Waals surface area contributed by atoms with E-state index in [0.717, 1.165) is 5.56 Å². The first-order chi connectivity index (χ1) is 20.0. The normalized spacial score (nSPS) is 17.3. The Labute approximate surface area is 247 Å². The molecule has 0 bridgehead atoms. The summed E-state index contributed by atoms with van der Waals surface area (Å²) in [5, 5.41) is 3.37. The van der Waals surface area contributed by atoms with Crippen LogP contribution in [0.3, 0.4) is 0 Å². The Bertz CT molecular complexity index is 1780. The van der Waals surface area contributed by atoms with Crippen LogP contribution in [0.1, 0.15) is 66.7 Å². The van der Waals surface area contributed by atoms with Crippen LogP contribution >= 0.6 is 11.6 Å². The molecule has 216 valence electrons. The number of nitrogens with one attached hydrogen (secondary N) is 1. The second-order valence-electron chi connectivity index (χ2n) is 11.0. The van der Waals surface area contributed by atoms with Crippen LogP contribution in [-0.2, 0) is 10.3 Å². The molecule has 1 atom stereocenters. The van der Waals surface area contributed by atoms with Crippen LogP contribution in [0.5, 0.6) is 11.9 Å². The summed E-state index contributed by atoms with van der Waals surface area (Å²) in [5.74, 6) is -0.219. The summed E-state index contributed by atoms with van der Waals surface area (Å²) in [6.45, 7) is 11.4. The van der Waals surface area contributed by atoms with Crippen LogP contribution < -0.4 is 19.7 Å². The second-order valence-corrected chi connectivity index (χ2v) is 11.4. The van der Waals surface area contributed by atoms with Gasteiger partial charge in [-0.15, -0.1) is 0 Å². The van der Waals surface area contributed by atoms with Crippen LogP contribution in [-0.4, -0.2) is 49.5 Å². The predicted molar refractivity (Wildman–Crippen MR) is 157 cm³/mol. The van der Waals surface area contributed by atoms with Gasteiger partial charge in [0, 0.05) is 29.7 Å². The number of carbonyl (C=O) groups excluding carboxylic acids is 2. The number of hydrogen-bond donors (Lipinski definition) is 1. The lowest BCUT2D eigenvalue weighted by atomic mass is 9.86. The van der Waals surface area contributed by atoms with Gasteiger partial charge in [-0.3, -0.25) is 19.5 Å². The molecule has 0 fully saturated rings. The summed E-state index contributed by atoms with van der Waals surface area (Å²) in [6, 6.07) is 7.27. The van der Waals surface area contributed by atoms with E-state index in [9.17, 15) is 9.59 Å². The summed E-state index contributed by atoms with van der Waals surface area (Å²) in [6.07, 6.45) is 2.93. The zero-order chi connectivity index (χ0) is 30.1. The Kier molecular flexibility index (Phi) is 6.45. The van der Waals surface area contributed by atoms with Gasteiger partial charge < -0.3 is 19.4 Å². The molecule has 4 aromatic rings. The highest BCUT2D eigenvalue weighted by Gasteiger charge is 2.64. The van der Waals surface area contributed by atoms with Crippen molar-refractivity contribution in [2.24, 2.45) is 0 Å². The third kappa shape index (κ3) is 3.87. The van der Waals surface area contributed by atoms with E-state index in [1.54, 1.807) is 19.2 Å². The average molecular weight is 588 g/mol. The van der Waals surface area contributed by atoms with Crippen molar-refractivity contribution in [3.63, 3.8) is 0 Å². The lowest BCUT2D eigenvalue weighted by Gasteiger charge is -2.36. The number of rotatable bonds is 6. The van der Waals surface area contributed by atoms with Crippen LogP contribution in [0, 0.1) is 13.8 Å². The first-order valence-corrected chi connectivity index (χ1v) is 14.0. The maximum absolute atomic E-state index is 14.5. The number of amides is 2. The number of anilines is 2. The van der Waals surface area contributed by atoms with Crippen LogP contribution in [0.4, 0.5) is 11.4 Å². The van der Waals surface area contributed by atoms with E-state index < -0.39 is 11.4 Å². The average Bonchev–Trinajstić information content (AvgIpc) is 3.53. The van der Waals surface area contributed by atoms with Crippen molar-refractivity contribution in [3.8, 4) is 23.3 Å². The Morgan fingerprint density at radius 2 is 1.79 bits per heavy atom. The highest BCUT2D eigenvalue weighted by atomic mass is 35.5. The van der Waals surface area contributed by atoms with Gasteiger partial charge in [-0.25, -0.2) is 9.97 Å². The lowest BCUT2D eigenvalue weighted by molar-refractivity contribution is -0.119. The molecule has 2 aliphatic rings. The number of ether oxygens (including phenoxy) is 2. The number of fused-ring (bicyclic) bond motifs is 4. The van der Waals surface area contributed by atoms with Crippen LogP contribution in [0.15, 0.2) is 36.7 Å². The van der Waals surface area contributed by atoms with Gasteiger partial charge in [-0.2, -0.15) is 4.98 Å². The topological polar surface area (TPSA) is 124 Å². The summed E-state index contributed by atoms with van der Waals surface area (Å²) >= 11 is 6.39. The third-order valence-electron chi connectivity index (χ3n) is 7.43. The summed E-state index contributed by atoms with van der Waals surface area (Å²) in [7, 11) is 1.49. The van der Waals surface area contributed by atoms with Gasteiger partial charge >= 0.3 is 6.01 Å². The van der Waals surface area contributed by atoms with Gasteiger partial charge in [-0.05, 0) is 59.2 Å². The molecule has 1 N–H and O–H groups in total. The molecule has 1 spiro atoms. The van der Waals surface area contributed by atoms with E-state index in [4.69, 9.17) is 26.1 Å². The molecule has 0 radical (unpaired) electrons. The van der Waals surface area contributed by atoms with Crippen molar-refractivity contribution < 1.29 is 19.1 Å². The maximum atomic E-state index is 14.5. The lowest BCUT2D eigenvalue weighted by Crippen LogP contribution is -2.51. The molecule has 1 unspecified atom stereocenters. The number of methoxy groups -OCH3 is 1. The molecule has 6 rings (SSSR count). The van der Waals surface area contributed by atoms with E-state index in [1.165, 1.54) is 18.2 Å². The number of aromatic nitrogens is 5. The molecule has 0 aliphatic carbocycles. The first kappa shape index (κ1) is 27.6. The molecule has 11 nitrogen and oxygen atoms in total. The zero-order valence-corrected chi connectivity index (χ0v) is 25.1. The number of nitrogens with zero attached hydrogens (tertiary/aromatic N) is 6. The minimum absolute atomic E-state index is 0.131. The molecule has 12 heteroatoms. The summed E-state index contributed by atoms with van der Waals surface area (Å²) in [4.78, 5) is 48.5. The fourth-order valence-corrected chi connectivity index (χ4v) is 5.95. The van der Waals surface area contributed by atoms with Gasteiger partial charge in [0.15, 0.2) is 11.2 Å². The van der Waals surface area contributed by atoms with Gasteiger partial charge in [0.1, 0.15) is 5.82 Å². The Balaban J connectivity index is 1.68. The fraction of sp³-hybridized carbons (Fsp3) is 0.333. The first-order valence-electron chi connectivity index (χ1n) is 13.6. The fourth-order valence-electron chi connectivity index (χ4n) is 5.79. The van der Waals surface area contributed by atoms with E-state index in [0.29, 0.717) is 44.7 Å². The molecular formula is C30H30ClN7O4. The van der Waals surface area contributed by atoms with Crippen molar-refractivity contribution in [2.75, 3.05) is 17.3 Å². The smallest absolute Gasteiger partial charge is 0.319 e. The molecule has 3 aromatic heterocycles. The molecule has 0 saturated heterocycles. The van der Waals surface area contributed by atoms with Crippen LogP contribution in [0.25, 0.3) is 11.4 Å². The standard InChI is InChI=1S/C30H30ClN7O4/c1-14(2)37-24-23(35-25(37)19-13-33-29(42-15(3)4)36-26(19)41-7)27(39)38(22-11-18(31)12-32-17(22)6)30(24)20-9-8-16(5)10-21(20)34-28(30)40/h8-15H,1-7H3,(H,34,40). The van der Waals surface area contributed by atoms with Gasteiger partial charge in [0.25, 0.3) is 11.8 Å². The van der Waals surface area contributed by atoms with Crippen molar-refractivity contribution in [1.29, 1.82) is 0 Å². The highest BCUT2D eigenvalue weighted by molar-refractivity contribution is 6.31. The zero-order valence-electron chi connectivity index (χ0n) is 24.3. The molecular weight excluding hydrogens is 558 g/mol. The van der Waals surface area contributed by atoms with Gasteiger partial charge in [0.05, 0.1) is 40.9 Å². The third-order valence-corrected chi connectivity index (χ3v) is 7.63. The SMILES string of the molecule is COc1nc(OC(C)C)ncc1-c1nc2c(n1C(C)C)C1(C(=O)Nc3cc(C)ccc31)N(c1cc(Cl)cnc1C)C2=O. The van der Waals surface area contributed by atoms with Crippen molar-refractivity contribution in [1.82, 2.24) is 24.5 Å². The number of halogens is 1. The van der Waals surface area contributed by atoms with E-state index in [1.807, 2.05) is 57.4 Å². The molecule has 1 aromatic carbocycles. The van der Waals surface area contributed by atoms with E-state index in [2.05, 4.69) is 20.3 Å². The van der Waals surface area contributed by atoms with Crippen LogP contribution in [0.2, 0.25) is 5.02 Å².